The van der Waals surface area contributed by atoms with E-state index >= 15 is 0 Å². The highest BCUT2D eigenvalue weighted by atomic mass is 16.6. The molecule has 0 amide bonds. The van der Waals surface area contributed by atoms with Gasteiger partial charge in [-0.15, -0.1) is 0 Å². The Morgan fingerprint density at radius 3 is 1.48 bits per heavy atom. The Balaban J connectivity index is 1.67. The van der Waals surface area contributed by atoms with Gasteiger partial charge in [-0.05, 0) is 76.4 Å². The van der Waals surface area contributed by atoms with Crippen LogP contribution in [0.4, 0.5) is 0 Å². The van der Waals surface area contributed by atoms with Gasteiger partial charge in [0.05, 0.1) is 13.2 Å². The third-order valence-corrected chi connectivity index (χ3v) is 6.36. The van der Waals surface area contributed by atoms with Gasteiger partial charge in [-0.25, -0.2) is 0 Å². The minimum absolute atomic E-state index is 0.327. The van der Waals surface area contributed by atoms with Crippen molar-refractivity contribution in [1.29, 1.82) is 0 Å². The van der Waals surface area contributed by atoms with Crippen molar-refractivity contribution in [3.05, 3.63) is 79.9 Å². The highest BCUT2D eigenvalue weighted by Crippen LogP contribution is 2.15. The maximum absolute atomic E-state index is 11.1. The van der Waals surface area contributed by atoms with Crippen LogP contribution in [0.3, 0.4) is 0 Å². The molecule has 0 radical (unpaired) electrons. The van der Waals surface area contributed by atoms with Crippen molar-refractivity contribution in [1.82, 2.24) is 20.4 Å². The Kier molecular flexibility index (Phi) is 18.3. The summed E-state index contributed by atoms with van der Waals surface area (Å²) in [5.74, 6) is 2.23. The summed E-state index contributed by atoms with van der Waals surface area (Å²) in [5, 5.41) is 28.3. The van der Waals surface area contributed by atoms with Gasteiger partial charge < -0.3 is 29.9 Å². The van der Waals surface area contributed by atoms with Gasteiger partial charge in [-0.3, -0.25) is 30.2 Å². The van der Waals surface area contributed by atoms with Gasteiger partial charge in [0.15, 0.2) is 11.7 Å². The number of aliphatic imine (C=N–C) groups is 2. The molecule has 14 heteroatoms. The fourth-order valence-corrected chi connectivity index (χ4v) is 4.42. The van der Waals surface area contributed by atoms with Crippen LogP contribution in [-0.2, 0) is 13.1 Å². The molecule has 0 bridgehead atoms. The summed E-state index contributed by atoms with van der Waals surface area (Å²) >= 11 is 0. The first-order chi connectivity index (χ1) is 22.1. The number of nitrogens with zero attached hydrogens (tertiary/aromatic N) is 6. The molecule has 2 rings (SSSR count). The summed E-state index contributed by atoms with van der Waals surface area (Å²) in [6.45, 7) is 3.62. The number of hydrogen-bond acceptors (Lipinski definition) is 10. The summed E-state index contributed by atoms with van der Waals surface area (Å²) in [7, 11) is 8.05. The number of nitro groups is 2. The second-order valence-corrected chi connectivity index (χ2v) is 11.4. The monoisotopic (exact) mass is 642 g/mol. The fourth-order valence-electron chi connectivity index (χ4n) is 4.42. The summed E-state index contributed by atoms with van der Waals surface area (Å²) < 4.78 is 11.6. The molecular weight excluding hydrogens is 592 g/mol. The van der Waals surface area contributed by atoms with Gasteiger partial charge in [-0.1, -0.05) is 24.3 Å². The van der Waals surface area contributed by atoms with Crippen LogP contribution in [0.2, 0.25) is 0 Å². The predicted octanol–water partition coefficient (Wildman–Crippen LogP) is 3.36. The highest BCUT2D eigenvalue weighted by molar-refractivity contribution is 5.83. The fraction of sp³-hybridized carbons (Fsp3) is 0.562. The number of benzene rings is 2. The van der Waals surface area contributed by atoms with E-state index in [1.165, 1.54) is 0 Å². The quantitative estimate of drug-likeness (QED) is 0.0605. The minimum Gasteiger partial charge on any atom is -0.494 e. The molecule has 0 unspecified atom stereocenters. The average molecular weight is 643 g/mol. The van der Waals surface area contributed by atoms with Crippen molar-refractivity contribution in [2.75, 3.05) is 80.7 Å². The molecule has 2 aromatic carbocycles. The van der Waals surface area contributed by atoms with Crippen LogP contribution < -0.4 is 20.1 Å². The molecule has 2 aromatic rings. The minimum atomic E-state index is -0.409. The van der Waals surface area contributed by atoms with Crippen LogP contribution >= 0.6 is 0 Å². The molecule has 0 aliphatic heterocycles. The summed E-state index contributed by atoms with van der Waals surface area (Å²) in [4.78, 5) is 34.3. The molecule has 46 heavy (non-hydrogen) atoms. The van der Waals surface area contributed by atoms with Crippen molar-refractivity contribution < 1.29 is 19.3 Å². The molecule has 0 aliphatic carbocycles. The zero-order valence-electron chi connectivity index (χ0n) is 27.7. The first-order valence-corrected chi connectivity index (χ1v) is 15.6. The molecule has 0 heterocycles. The van der Waals surface area contributed by atoms with Crippen LogP contribution in [-0.4, -0.2) is 112 Å². The lowest BCUT2D eigenvalue weighted by Gasteiger charge is -2.12. The maximum atomic E-state index is 11.1. The van der Waals surface area contributed by atoms with Crippen molar-refractivity contribution in [2.24, 2.45) is 9.98 Å². The Morgan fingerprint density at radius 1 is 0.696 bits per heavy atom. The second kappa shape index (κ2) is 22.2. The van der Waals surface area contributed by atoms with Crippen molar-refractivity contribution in [3.8, 4) is 11.5 Å². The molecule has 14 nitrogen and oxygen atoms in total. The molecule has 0 fully saturated rings. The van der Waals surface area contributed by atoms with Crippen LogP contribution in [0, 0.1) is 20.2 Å². The van der Waals surface area contributed by atoms with Crippen LogP contribution in [0.5, 0.6) is 11.5 Å². The molecule has 0 aliphatic rings. The van der Waals surface area contributed by atoms with E-state index in [2.05, 4.69) is 30.4 Å². The van der Waals surface area contributed by atoms with Gasteiger partial charge in [0.25, 0.3) is 13.1 Å². The summed E-state index contributed by atoms with van der Waals surface area (Å²) in [6.07, 6.45) is 2.64. The maximum Gasteiger partial charge on any atom is 0.259 e. The normalized spacial score (nSPS) is 12.0. The van der Waals surface area contributed by atoms with E-state index < -0.39 is 9.85 Å². The summed E-state index contributed by atoms with van der Waals surface area (Å²) in [6, 6.07) is 15.9. The van der Waals surface area contributed by atoms with E-state index in [4.69, 9.17) is 9.47 Å². The van der Waals surface area contributed by atoms with Gasteiger partial charge in [-0.2, -0.15) is 0 Å². The molecule has 0 saturated heterocycles. The van der Waals surface area contributed by atoms with E-state index in [1.807, 2.05) is 76.7 Å². The molecule has 0 aromatic heterocycles. The number of ether oxygens (including phenoxy) is 2. The Labute approximate surface area is 272 Å². The van der Waals surface area contributed by atoms with Crippen molar-refractivity contribution in [2.45, 2.75) is 38.8 Å². The number of amidine groups is 2. The standard InChI is InChI=1S/C32H50N8O6/c1-37(2)23-27-11-7-13-29(21-27)45-19-9-17-35-31(25-39(41)42)33-15-5-6-16-34-32(26-40(43)44)36-18-10-20-46-30-14-8-12-28(22-30)24-38(3)4/h7-8,11-14,21-22H,5-6,9-10,15-20,23-26H2,1-4H3,(H,33,35)(H,34,36). The Morgan fingerprint density at radius 2 is 1.11 bits per heavy atom. The lowest BCUT2D eigenvalue weighted by atomic mass is 10.2. The lowest BCUT2D eigenvalue weighted by Crippen LogP contribution is -2.33. The molecular formula is C32H50N8O6. The molecule has 2 N–H and O–H groups in total. The van der Waals surface area contributed by atoms with Crippen molar-refractivity contribution >= 4 is 11.7 Å². The Hall–Kier alpha value is -4.30. The zero-order chi connectivity index (χ0) is 33.6. The first-order valence-electron chi connectivity index (χ1n) is 15.6. The summed E-state index contributed by atoms with van der Waals surface area (Å²) in [5.41, 5.74) is 2.32. The van der Waals surface area contributed by atoms with E-state index in [0.717, 1.165) is 35.7 Å². The van der Waals surface area contributed by atoms with Gasteiger partial charge in [0.1, 0.15) is 11.5 Å². The number of nitrogens with one attached hydrogen (secondary N) is 2. The van der Waals surface area contributed by atoms with Crippen molar-refractivity contribution in [3.63, 3.8) is 0 Å². The van der Waals surface area contributed by atoms with Crippen LogP contribution in [0.15, 0.2) is 58.5 Å². The van der Waals surface area contributed by atoms with Crippen LogP contribution in [0.1, 0.15) is 36.8 Å². The predicted molar refractivity (Wildman–Crippen MR) is 181 cm³/mol. The van der Waals surface area contributed by atoms with Gasteiger partial charge >= 0.3 is 0 Å². The van der Waals surface area contributed by atoms with E-state index in [9.17, 15) is 20.2 Å². The third kappa shape index (κ3) is 18.5. The molecule has 0 atom stereocenters. The molecule has 254 valence electrons. The van der Waals surface area contributed by atoms with Crippen LogP contribution in [0.25, 0.3) is 0 Å². The third-order valence-electron chi connectivity index (χ3n) is 6.36. The second-order valence-electron chi connectivity index (χ2n) is 11.4. The number of rotatable bonds is 23. The Bertz CT molecular complexity index is 1160. The highest BCUT2D eigenvalue weighted by Gasteiger charge is 2.09. The molecule has 0 saturated carbocycles. The average Bonchev–Trinajstić information content (AvgIpc) is 2.97. The van der Waals surface area contributed by atoms with E-state index in [1.54, 1.807) is 0 Å². The zero-order valence-corrected chi connectivity index (χ0v) is 27.7. The van der Waals surface area contributed by atoms with Gasteiger partial charge in [0.2, 0.25) is 0 Å². The number of unbranched alkanes of at least 4 members (excludes halogenated alkanes) is 1. The lowest BCUT2D eigenvalue weighted by molar-refractivity contribution is -0.463. The largest absolute Gasteiger partial charge is 0.494 e. The van der Waals surface area contributed by atoms with E-state index in [0.29, 0.717) is 76.7 Å². The molecule has 0 spiro atoms. The topological polar surface area (TPSA) is 160 Å². The van der Waals surface area contributed by atoms with Gasteiger partial charge in [0, 0.05) is 62.0 Å². The smallest absolute Gasteiger partial charge is 0.259 e. The van der Waals surface area contributed by atoms with E-state index in [-0.39, 0.29) is 13.1 Å². The SMILES string of the molecule is CN(C)Cc1cccc(OCCCN=C(C[N+](=O)[O-])NCCCCNC(C[N+](=O)[O-])=NCCCOc2cccc(CN(C)C)c2)c1. The first kappa shape index (κ1) is 37.9. The number of hydrogen-bond donors (Lipinski definition) is 2.